The van der Waals surface area contributed by atoms with E-state index in [2.05, 4.69) is 15.0 Å². The second-order valence-corrected chi connectivity index (χ2v) is 6.50. The molecule has 142 valence electrons. The van der Waals surface area contributed by atoms with Gasteiger partial charge in [-0.2, -0.15) is 0 Å². The second kappa shape index (κ2) is 7.47. The maximum absolute atomic E-state index is 10.9. The Morgan fingerprint density at radius 3 is 1.97 bits per heavy atom. The average molecular weight is 384 g/mol. The van der Waals surface area contributed by atoms with Crippen molar-refractivity contribution in [3.8, 4) is 39.9 Å². The molecule has 0 saturated heterocycles. The van der Waals surface area contributed by atoms with Crippen LogP contribution in [0, 0.1) is 17.0 Å². The third kappa shape index (κ3) is 3.79. The highest BCUT2D eigenvalue weighted by Crippen LogP contribution is 2.30. The van der Waals surface area contributed by atoms with Crippen molar-refractivity contribution in [1.29, 1.82) is 0 Å². The summed E-state index contributed by atoms with van der Waals surface area (Å²) >= 11 is 0. The highest BCUT2D eigenvalue weighted by Gasteiger charge is 2.15. The first-order valence-corrected chi connectivity index (χ1v) is 8.87. The number of hydrogen-bond donors (Lipinski definition) is 1. The summed E-state index contributed by atoms with van der Waals surface area (Å²) in [7, 11) is 0. The highest BCUT2D eigenvalue weighted by atomic mass is 16.6. The molecular weight excluding hydrogens is 368 g/mol. The van der Waals surface area contributed by atoms with Crippen molar-refractivity contribution in [3.05, 3.63) is 88.5 Å². The van der Waals surface area contributed by atoms with E-state index in [1.165, 1.54) is 12.1 Å². The number of non-ortho nitro benzene ring substituents is 1. The normalized spacial score (nSPS) is 10.7. The molecule has 3 aromatic carbocycles. The van der Waals surface area contributed by atoms with E-state index in [0.29, 0.717) is 28.6 Å². The molecular formula is C22H16N4O3. The second-order valence-electron chi connectivity index (χ2n) is 6.50. The largest absolute Gasteiger partial charge is 0.507 e. The Balaban J connectivity index is 1.89. The van der Waals surface area contributed by atoms with Crippen molar-refractivity contribution >= 4 is 5.69 Å². The molecule has 1 aromatic heterocycles. The molecule has 0 amide bonds. The number of nitrogens with zero attached hydrogens (tertiary/aromatic N) is 4. The molecule has 1 heterocycles. The van der Waals surface area contributed by atoms with Gasteiger partial charge in [-0.3, -0.25) is 10.1 Å². The SMILES string of the molecule is Cc1ccc(-c2nc(-c3ccccc3)nc(-c3ccc([N+](=O)[O-])cc3)n2)c(O)c1. The zero-order valence-corrected chi connectivity index (χ0v) is 15.5. The van der Waals surface area contributed by atoms with Gasteiger partial charge in [0.05, 0.1) is 10.5 Å². The van der Waals surface area contributed by atoms with E-state index in [1.807, 2.05) is 43.3 Å². The lowest BCUT2D eigenvalue weighted by Gasteiger charge is -2.09. The van der Waals surface area contributed by atoms with E-state index in [1.54, 1.807) is 24.3 Å². The topological polar surface area (TPSA) is 102 Å². The Hall–Kier alpha value is -4.13. The van der Waals surface area contributed by atoms with Crippen LogP contribution in [0.5, 0.6) is 5.75 Å². The van der Waals surface area contributed by atoms with Gasteiger partial charge in [-0.15, -0.1) is 0 Å². The molecule has 7 nitrogen and oxygen atoms in total. The fourth-order valence-corrected chi connectivity index (χ4v) is 2.90. The van der Waals surface area contributed by atoms with Crippen LogP contribution in [-0.2, 0) is 0 Å². The fourth-order valence-electron chi connectivity index (χ4n) is 2.90. The Morgan fingerprint density at radius 2 is 1.38 bits per heavy atom. The van der Waals surface area contributed by atoms with Crippen LogP contribution in [0.25, 0.3) is 34.2 Å². The van der Waals surface area contributed by atoms with Gasteiger partial charge in [0.15, 0.2) is 17.5 Å². The third-order valence-electron chi connectivity index (χ3n) is 4.40. The van der Waals surface area contributed by atoms with Gasteiger partial charge in [0.2, 0.25) is 0 Å². The number of benzene rings is 3. The fraction of sp³-hybridized carbons (Fsp3) is 0.0455. The Morgan fingerprint density at radius 1 is 0.793 bits per heavy atom. The summed E-state index contributed by atoms with van der Waals surface area (Å²) in [5.41, 5.74) is 2.80. The van der Waals surface area contributed by atoms with Gasteiger partial charge in [0.25, 0.3) is 5.69 Å². The Kier molecular flexibility index (Phi) is 4.70. The predicted octanol–water partition coefficient (Wildman–Crippen LogP) is 4.79. The van der Waals surface area contributed by atoms with Crippen LogP contribution in [0.2, 0.25) is 0 Å². The summed E-state index contributed by atoms with van der Waals surface area (Å²) in [6, 6.07) is 20.7. The molecule has 0 saturated carbocycles. The third-order valence-corrected chi connectivity index (χ3v) is 4.40. The minimum absolute atomic E-state index is 0.0116. The van der Waals surface area contributed by atoms with Crippen LogP contribution in [0.15, 0.2) is 72.8 Å². The quantitative estimate of drug-likeness (QED) is 0.401. The zero-order valence-electron chi connectivity index (χ0n) is 15.5. The number of phenolic OH excluding ortho intramolecular Hbond substituents is 1. The molecule has 0 radical (unpaired) electrons. The summed E-state index contributed by atoms with van der Waals surface area (Å²) < 4.78 is 0. The van der Waals surface area contributed by atoms with Crippen molar-refractivity contribution in [2.45, 2.75) is 6.92 Å². The van der Waals surface area contributed by atoms with E-state index in [9.17, 15) is 15.2 Å². The molecule has 7 heteroatoms. The number of aromatic nitrogens is 3. The van der Waals surface area contributed by atoms with Gasteiger partial charge in [-0.1, -0.05) is 36.4 Å². The highest BCUT2D eigenvalue weighted by molar-refractivity contribution is 5.70. The van der Waals surface area contributed by atoms with E-state index < -0.39 is 4.92 Å². The first-order valence-electron chi connectivity index (χ1n) is 8.87. The molecule has 29 heavy (non-hydrogen) atoms. The zero-order chi connectivity index (χ0) is 20.4. The van der Waals surface area contributed by atoms with Gasteiger partial charge in [0, 0.05) is 23.3 Å². The number of hydrogen-bond acceptors (Lipinski definition) is 6. The molecule has 0 aliphatic heterocycles. The lowest BCUT2D eigenvalue weighted by atomic mass is 10.1. The molecule has 0 fully saturated rings. The van der Waals surface area contributed by atoms with Gasteiger partial charge in [0.1, 0.15) is 5.75 Å². The van der Waals surface area contributed by atoms with Crippen molar-refractivity contribution in [2.75, 3.05) is 0 Å². The first-order chi connectivity index (χ1) is 14.0. The van der Waals surface area contributed by atoms with E-state index in [0.717, 1.165) is 11.1 Å². The molecule has 1 N–H and O–H groups in total. The average Bonchev–Trinajstić information content (AvgIpc) is 2.74. The van der Waals surface area contributed by atoms with Crippen LogP contribution in [0.3, 0.4) is 0 Å². The molecule has 0 spiro atoms. The number of aromatic hydroxyl groups is 1. The number of nitro groups is 1. The lowest BCUT2D eigenvalue weighted by molar-refractivity contribution is -0.384. The number of rotatable bonds is 4. The van der Waals surface area contributed by atoms with Crippen molar-refractivity contribution < 1.29 is 10.0 Å². The van der Waals surface area contributed by atoms with Gasteiger partial charge in [-0.05, 0) is 36.8 Å². The van der Waals surface area contributed by atoms with E-state index in [4.69, 9.17) is 0 Å². The predicted molar refractivity (Wildman–Crippen MR) is 109 cm³/mol. The molecule has 0 aliphatic rings. The summed E-state index contributed by atoms with van der Waals surface area (Å²) in [6.07, 6.45) is 0. The van der Waals surface area contributed by atoms with Crippen molar-refractivity contribution in [1.82, 2.24) is 15.0 Å². The minimum atomic E-state index is -0.456. The summed E-state index contributed by atoms with van der Waals surface area (Å²) in [6.45, 7) is 1.88. The number of nitro benzene ring substituents is 1. The Labute approximate surface area is 166 Å². The van der Waals surface area contributed by atoms with Gasteiger partial charge in [-0.25, -0.2) is 15.0 Å². The van der Waals surface area contributed by atoms with Crippen molar-refractivity contribution in [3.63, 3.8) is 0 Å². The Bertz CT molecular complexity index is 1190. The van der Waals surface area contributed by atoms with Crippen LogP contribution < -0.4 is 0 Å². The molecule has 0 unspecified atom stereocenters. The molecule has 4 rings (SSSR count). The first kappa shape index (κ1) is 18.2. The number of aryl methyl sites for hydroxylation is 1. The molecule has 0 atom stereocenters. The van der Waals surface area contributed by atoms with E-state index >= 15 is 0 Å². The van der Waals surface area contributed by atoms with Crippen LogP contribution in [0.1, 0.15) is 5.56 Å². The molecule has 0 bridgehead atoms. The van der Waals surface area contributed by atoms with Gasteiger partial charge < -0.3 is 5.11 Å². The van der Waals surface area contributed by atoms with Gasteiger partial charge >= 0.3 is 0 Å². The lowest BCUT2D eigenvalue weighted by Crippen LogP contribution is -2.00. The summed E-state index contributed by atoms with van der Waals surface area (Å²) in [4.78, 5) is 24.1. The minimum Gasteiger partial charge on any atom is -0.507 e. The van der Waals surface area contributed by atoms with Crippen LogP contribution in [0.4, 0.5) is 5.69 Å². The molecule has 0 aliphatic carbocycles. The monoisotopic (exact) mass is 384 g/mol. The number of phenols is 1. The summed E-state index contributed by atoms with van der Waals surface area (Å²) in [5, 5.41) is 21.3. The van der Waals surface area contributed by atoms with E-state index in [-0.39, 0.29) is 11.4 Å². The molecule has 4 aromatic rings. The van der Waals surface area contributed by atoms with Crippen molar-refractivity contribution in [2.24, 2.45) is 0 Å². The van der Waals surface area contributed by atoms with Crippen LogP contribution in [-0.4, -0.2) is 25.0 Å². The standard InChI is InChI=1S/C22H16N4O3/c1-14-7-12-18(19(27)13-14)22-24-20(15-5-3-2-4-6-15)23-21(25-22)16-8-10-17(11-9-16)26(28)29/h2-13,27H,1H3. The van der Waals surface area contributed by atoms with Crippen LogP contribution >= 0.6 is 0 Å². The maximum Gasteiger partial charge on any atom is 0.269 e. The smallest absolute Gasteiger partial charge is 0.269 e. The maximum atomic E-state index is 10.9. The summed E-state index contributed by atoms with van der Waals surface area (Å²) in [5.74, 6) is 1.21.